The average molecular weight is 189 g/mol. The zero-order valence-corrected chi connectivity index (χ0v) is 8.28. The summed E-state index contributed by atoms with van der Waals surface area (Å²) in [5.41, 5.74) is 2.08. The predicted octanol–water partition coefficient (Wildman–Crippen LogP) is 1.75. The van der Waals surface area contributed by atoms with Crippen molar-refractivity contribution in [3.05, 3.63) is 35.4 Å². The summed E-state index contributed by atoms with van der Waals surface area (Å²) in [4.78, 5) is 12.9. The van der Waals surface area contributed by atoms with E-state index in [-0.39, 0.29) is 0 Å². The largest absolute Gasteiger partial charge is 0.303 e. The smallest absolute Gasteiger partial charge is 0.150 e. The van der Waals surface area contributed by atoms with Crippen molar-refractivity contribution in [2.24, 2.45) is 0 Å². The molecule has 0 N–H and O–H groups in total. The van der Waals surface area contributed by atoms with Crippen LogP contribution in [0.25, 0.3) is 0 Å². The topological polar surface area (TPSA) is 20.3 Å². The number of carbonyl (C=O) groups is 1. The van der Waals surface area contributed by atoms with E-state index in [2.05, 4.69) is 4.90 Å². The Bertz CT molecular complexity index is 301. The highest BCUT2D eigenvalue weighted by Crippen LogP contribution is 2.09. The van der Waals surface area contributed by atoms with E-state index in [0.717, 1.165) is 24.8 Å². The third kappa shape index (κ3) is 2.20. The highest BCUT2D eigenvalue weighted by atomic mass is 16.1. The molecule has 14 heavy (non-hydrogen) atoms. The number of nitrogens with zero attached hydrogens (tertiary/aromatic N) is 1. The number of aldehydes is 1. The van der Waals surface area contributed by atoms with E-state index in [9.17, 15) is 4.79 Å². The second kappa shape index (κ2) is 4.38. The van der Waals surface area contributed by atoms with Gasteiger partial charge in [-0.1, -0.05) is 24.3 Å². The summed E-state index contributed by atoms with van der Waals surface area (Å²) in [6, 6.07) is 7.86. The van der Waals surface area contributed by atoms with Gasteiger partial charge in [-0.15, -0.1) is 0 Å². The maximum atomic E-state index is 10.4. The van der Waals surface area contributed by atoms with E-state index >= 15 is 0 Å². The van der Waals surface area contributed by atoms with E-state index < -0.39 is 0 Å². The summed E-state index contributed by atoms with van der Waals surface area (Å²) in [5.74, 6) is 0. The van der Waals surface area contributed by atoms with Crippen molar-refractivity contribution >= 4 is 6.29 Å². The Hall–Kier alpha value is -1.15. The van der Waals surface area contributed by atoms with Gasteiger partial charge in [0.1, 0.15) is 6.29 Å². The molecule has 0 aromatic heterocycles. The Morgan fingerprint density at radius 1 is 1.21 bits per heavy atom. The van der Waals surface area contributed by atoms with Crippen molar-refractivity contribution in [1.29, 1.82) is 0 Å². The summed E-state index contributed by atoms with van der Waals surface area (Å²) in [6.07, 6.45) is 3.34. The Labute approximate surface area is 84.5 Å². The quantitative estimate of drug-likeness (QED) is 0.672. The van der Waals surface area contributed by atoms with Crippen LogP contribution < -0.4 is 0 Å². The van der Waals surface area contributed by atoms with Crippen molar-refractivity contribution in [1.82, 2.24) is 4.90 Å². The molecule has 1 aromatic carbocycles. The fourth-order valence-electron chi connectivity index (χ4n) is 1.66. The van der Waals surface area contributed by atoms with Crippen molar-refractivity contribution in [2.75, 3.05) is 19.6 Å². The molecule has 74 valence electrons. The van der Waals surface area contributed by atoms with Gasteiger partial charge in [0.05, 0.1) is 0 Å². The van der Waals surface area contributed by atoms with Gasteiger partial charge in [-0.05, 0) is 31.5 Å². The zero-order chi connectivity index (χ0) is 9.80. The number of rotatable bonds is 4. The lowest BCUT2D eigenvalue weighted by Crippen LogP contribution is -2.38. The van der Waals surface area contributed by atoms with Gasteiger partial charge in [0.2, 0.25) is 0 Å². The summed E-state index contributed by atoms with van der Waals surface area (Å²) in [7, 11) is 0. The first-order valence-electron chi connectivity index (χ1n) is 5.15. The van der Waals surface area contributed by atoms with Gasteiger partial charge in [0, 0.05) is 12.1 Å². The first-order valence-corrected chi connectivity index (χ1v) is 5.15. The van der Waals surface area contributed by atoms with Gasteiger partial charge in [-0.25, -0.2) is 0 Å². The van der Waals surface area contributed by atoms with Gasteiger partial charge < -0.3 is 4.90 Å². The Morgan fingerprint density at radius 3 is 2.43 bits per heavy atom. The number of hydrogen-bond acceptors (Lipinski definition) is 2. The third-order valence-electron chi connectivity index (χ3n) is 2.78. The SMILES string of the molecule is O=Cc1ccc(CCN2CCC2)cc1. The van der Waals surface area contributed by atoms with Crippen molar-refractivity contribution in [3.63, 3.8) is 0 Å². The van der Waals surface area contributed by atoms with E-state index in [1.54, 1.807) is 0 Å². The van der Waals surface area contributed by atoms with Crippen LogP contribution in [-0.4, -0.2) is 30.8 Å². The lowest BCUT2D eigenvalue weighted by atomic mass is 10.1. The van der Waals surface area contributed by atoms with Crippen molar-refractivity contribution < 1.29 is 4.79 Å². The van der Waals surface area contributed by atoms with E-state index in [1.807, 2.05) is 24.3 Å². The van der Waals surface area contributed by atoms with Gasteiger partial charge >= 0.3 is 0 Å². The van der Waals surface area contributed by atoms with Crippen LogP contribution in [0.1, 0.15) is 22.3 Å². The predicted molar refractivity (Wildman–Crippen MR) is 56.6 cm³/mol. The van der Waals surface area contributed by atoms with Crippen LogP contribution in [-0.2, 0) is 6.42 Å². The Kier molecular flexibility index (Phi) is 2.94. The van der Waals surface area contributed by atoms with Crippen LogP contribution in [0.4, 0.5) is 0 Å². The molecule has 0 saturated carbocycles. The molecular weight excluding hydrogens is 174 g/mol. The van der Waals surface area contributed by atoms with Crippen molar-refractivity contribution in [2.45, 2.75) is 12.8 Å². The summed E-state index contributed by atoms with van der Waals surface area (Å²) in [6.45, 7) is 3.67. The van der Waals surface area contributed by atoms with Crippen LogP contribution in [0.15, 0.2) is 24.3 Å². The first-order chi connectivity index (χ1) is 6.88. The van der Waals surface area contributed by atoms with Crippen LogP contribution in [0.5, 0.6) is 0 Å². The van der Waals surface area contributed by atoms with E-state index in [0.29, 0.717) is 0 Å². The molecule has 0 radical (unpaired) electrons. The molecular formula is C12H15NO. The van der Waals surface area contributed by atoms with Crippen molar-refractivity contribution in [3.8, 4) is 0 Å². The molecule has 0 aliphatic carbocycles. The molecule has 0 atom stereocenters. The second-order valence-corrected chi connectivity index (χ2v) is 3.80. The second-order valence-electron chi connectivity index (χ2n) is 3.80. The van der Waals surface area contributed by atoms with Crippen LogP contribution in [0.3, 0.4) is 0 Å². The molecule has 1 aliphatic heterocycles. The first kappa shape index (κ1) is 9.41. The maximum absolute atomic E-state index is 10.4. The average Bonchev–Trinajstić information content (AvgIpc) is 2.16. The van der Waals surface area contributed by atoms with Crippen LogP contribution in [0, 0.1) is 0 Å². The number of carbonyl (C=O) groups excluding carboxylic acids is 1. The molecule has 1 aromatic rings. The molecule has 0 bridgehead atoms. The minimum atomic E-state index is 0.762. The lowest BCUT2D eigenvalue weighted by molar-refractivity contribution is 0.112. The van der Waals surface area contributed by atoms with E-state index in [4.69, 9.17) is 0 Å². The molecule has 0 spiro atoms. The monoisotopic (exact) mass is 189 g/mol. The fourth-order valence-corrected chi connectivity index (χ4v) is 1.66. The minimum absolute atomic E-state index is 0.762. The molecule has 2 heteroatoms. The van der Waals surface area contributed by atoms with Crippen LogP contribution in [0.2, 0.25) is 0 Å². The number of benzene rings is 1. The molecule has 1 heterocycles. The molecule has 2 nitrogen and oxygen atoms in total. The number of hydrogen-bond donors (Lipinski definition) is 0. The highest BCUT2D eigenvalue weighted by Gasteiger charge is 2.12. The highest BCUT2D eigenvalue weighted by molar-refractivity contribution is 5.74. The van der Waals surface area contributed by atoms with Gasteiger partial charge in [0.15, 0.2) is 0 Å². The molecule has 0 amide bonds. The normalized spacial score (nSPS) is 16.3. The summed E-state index contributed by atoms with van der Waals surface area (Å²) < 4.78 is 0. The molecule has 1 aliphatic rings. The number of likely N-dealkylation sites (tertiary alicyclic amines) is 1. The Balaban J connectivity index is 1.85. The van der Waals surface area contributed by atoms with Gasteiger partial charge in [-0.2, -0.15) is 0 Å². The standard InChI is InChI=1S/C12H15NO/c14-10-12-4-2-11(3-5-12)6-9-13-7-1-8-13/h2-5,10H,1,6-9H2. The fraction of sp³-hybridized carbons (Fsp3) is 0.417. The minimum Gasteiger partial charge on any atom is -0.303 e. The molecule has 0 unspecified atom stereocenters. The Morgan fingerprint density at radius 2 is 1.93 bits per heavy atom. The third-order valence-corrected chi connectivity index (χ3v) is 2.78. The van der Waals surface area contributed by atoms with Gasteiger partial charge in [-0.3, -0.25) is 4.79 Å². The maximum Gasteiger partial charge on any atom is 0.150 e. The zero-order valence-electron chi connectivity index (χ0n) is 8.28. The summed E-state index contributed by atoms with van der Waals surface area (Å²) >= 11 is 0. The van der Waals surface area contributed by atoms with Gasteiger partial charge in [0.25, 0.3) is 0 Å². The lowest BCUT2D eigenvalue weighted by Gasteiger charge is -2.30. The molecule has 1 saturated heterocycles. The molecule has 1 fully saturated rings. The van der Waals surface area contributed by atoms with Crippen LogP contribution >= 0.6 is 0 Å². The van der Waals surface area contributed by atoms with E-state index in [1.165, 1.54) is 25.1 Å². The summed E-state index contributed by atoms with van der Waals surface area (Å²) in [5, 5.41) is 0. The molecule has 2 rings (SSSR count).